The van der Waals surface area contributed by atoms with Gasteiger partial charge in [0.25, 0.3) is 5.69 Å². The molecule has 0 radical (unpaired) electrons. The van der Waals surface area contributed by atoms with Crippen LogP contribution in [-0.2, 0) is 19.4 Å². The Kier molecular flexibility index (Phi) is 8.15. The molecule has 1 aliphatic rings. The van der Waals surface area contributed by atoms with Gasteiger partial charge in [0.2, 0.25) is 11.8 Å². The lowest BCUT2D eigenvalue weighted by molar-refractivity contribution is -0.384. The molecule has 45 heavy (non-hydrogen) atoms. The van der Waals surface area contributed by atoms with E-state index in [1.165, 1.54) is 24.3 Å². The number of methoxy groups -OCH3 is 1. The minimum absolute atomic E-state index is 0.0484. The van der Waals surface area contributed by atoms with Crippen molar-refractivity contribution in [3.63, 3.8) is 0 Å². The molecule has 0 spiro atoms. The highest BCUT2D eigenvalue weighted by atomic mass is 16.6. The number of rotatable bonds is 11. The Morgan fingerprint density at radius 1 is 1.16 bits per heavy atom. The fourth-order valence-corrected chi connectivity index (χ4v) is 5.99. The van der Waals surface area contributed by atoms with E-state index in [9.17, 15) is 10.1 Å². The molecule has 0 fully saturated rings. The maximum Gasteiger partial charge on any atom is 0.294 e. The lowest BCUT2D eigenvalue weighted by Gasteiger charge is -2.22. The summed E-state index contributed by atoms with van der Waals surface area (Å²) in [6, 6.07) is 9.54. The molecule has 0 saturated heterocycles. The highest BCUT2D eigenvalue weighted by Crippen LogP contribution is 2.41. The number of anilines is 3. The summed E-state index contributed by atoms with van der Waals surface area (Å²) in [6.07, 6.45) is 6.69. The zero-order valence-corrected chi connectivity index (χ0v) is 26.5. The third-order valence-electron chi connectivity index (χ3n) is 8.36. The molecule has 0 amide bonds. The number of hydrogen-bond acceptors (Lipinski definition) is 10. The fourth-order valence-electron chi connectivity index (χ4n) is 5.99. The van der Waals surface area contributed by atoms with Gasteiger partial charge in [-0.2, -0.15) is 0 Å². The Morgan fingerprint density at radius 2 is 1.98 bits per heavy atom. The Bertz CT molecular complexity index is 1890. The lowest BCUT2D eigenvalue weighted by atomic mass is 10.0. The van der Waals surface area contributed by atoms with Crippen LogP contribution in [0.15, 0.2) is 47.1 Å². The van der Waals surface area contributed by atoms with E-state index in [1.807, 2.05) is 44.8 Å². The van der Waals surface area contributed by atoms with E-state index < -0.39 is 0 Å². The quantitative estimate of drug-likeness (QED) is 0.136. The number of aryl methyl sites for hydroxylation is 4. The lowest BCUT2D eigenvalue weighted by Crippen LogP contribution is -2.28. The van der Waals surface area contributed by atoms with E-state index >= 15 is 0 Å². The third-order valence-corrected chi connectivity index (χ3v) is 8.36. The molecular formula is C33H38N8O4. The zero-order chi connectivity index (χ0) is 31.8. The molecule has 12 heteroatoms. The van der Waals surface area contributed by atoms with E-state index in [-0.39, 0.29) is 16.6 Å². The van der Waals surface area contributed by atoms with Crippen LogP contribution in [0.5, 0.6) is 5.75 Å². The number of aromatic nitrogens is 4. The largest absolute Gasteiger partial charge is 0.494 e. The van der Waals surface area contributed by atoms with Crippen molar-refractivity contribution < 1.29 is 14.1 Å². The van der Waals surface area contributed by atoms with Gasteiger partial charge < -0.3 is 28.8 Å². The van der Waals surface area contributed by atoms with Gasteiger partial charge in [-0.3, -0.25) is 10.1 Å². The number of nitro benzene ring substituents is 1. The van der Waals surface area contributed by atoms with Crippen LogP contribution in [0.2, 0.25) is 0 Å². The molecule has 1 N–H and O–H groups in total. The first-order valence-corrected chi connectivity index (χ1v) is 15.1. The smallest absolute Gasteiger partial charge is 0.294 e. The summed E-state index contributed by atoms with van der Waals surface area (Å²) in [5, 5.41) is 16.5. The number of hydrogen-bond donors (Lipinski definition) is 1. The second-order valence-electron chi connectivity index (χ2n) is 11.6. The van der Waals surface area contributed by atoms with Crippen molar-refractivity contribution in [3.05, 3.63) is 69.9 Å². The first-order chi connectivity index (χ1) is 21.7. The average molecular weight is 611 g/mol. The summed E-state index contributed by atoms with van der Waals surface area (Å²) in [5.41, 5.74) is 6.47. The predicted octanol–water partition coefficient (Wildman–Crippen LogP) is 6.23. The van der Waals surface area contributed by atoms with Gasteiger partial charge in [-0.25, -0.2) is 15.0 Å². The number of oxazole rings is 1. The normalized spacial score (nSPS) is 12.6. The summed E-state index contributed by atoms with van der Waals surface area (Å²) in [7, 11) is 7.30. The van der Waals surface area contributed by atoms with Crippen LogP contribution in [0, 0.1) is 17.0 Å². The van der Waals surface area contributed by atoms with E-state index in [4.69, 9.17) is 19.1 Å². The minimum atomic E-state index is -0.383. The van der Waals surface area contributed by atoms with E-state index in [2.05, 4.69) is 39.3 Å². The Morgan fingerprint density at radius 3 is 2.69 bits per heavy atom. The molecule has 6 rings (SSSR count). The molecule has 0 unspecified atom stereocenters. The van der Waals surface area contributed by atoms with Gasteiger partial charge in [0.1, 0.15) is 17.2 Å². The van der Waals surface area contributed by atoms with Gasteiger partial charge in [0.15, 0.2) is 0 Å². The van der Waals surface area contributed by atoms with Crippen molar-refractivity contribution in [1.82, 2.24) is 24.4 Å². The SMILES string of the molecule is CCc1nc(-c2cnc(Nc3cc([N+](=O)[O-])c(N(C)CCN(C)C)cc3OC)nc2-c2cn3c4c(cccc24)CCC3)oc1C. The predicted molar refractivity (Wildman–Crippen MR) is 176 cm³/mol. The Hall–Kier alpha value is -4.97. The second-order valence-corrected chi connectivity index (χ2v) is 11.6. The van der Waals surface area contributed by atoms with Crippen LogP contribution < -0.4 is 15.0 Å². The summed E-state index contributed by atoms with van der Waals surface area (Å²) in [5.74, 6) is 1.91. The Labute approximate surface area is 261 Å². The summed E-state index contributed by atoms with van der Waals surface area (Å²) in [6.45, 7) is 6.22. The molecule has 1 aliphatic heterocycles. The summed E-state index contributed by atoms with van der Waals surface area (Å²) >= 11 is 0. The van der Waals surface area contributed by atoms with Gasteiger partial charge in [0, 0.05) is 62.2 Å². The summed E-state index contributed by atoms with van der Waals surface area (Å²) < 4.78 is 14.1. The molecule has 0 saturated carbocycles. The highest BCUT2D eigenvalue weighted by Gasteiger charge is 2.25. The molecule has 3 aromatic heterocycles. The number of likely N-dealkylation sites (N-methyl/N-ethyl adjacent to an activating group) is 2. The molecule has 5 aromatic rings. The molecule has 12 nitrogen and oxygen atoms in total. The molecular weight excluding hydrogens is 572 g/mol. The van der Waals surface area contributed by atoms with Gasteiger partial charge in [0.05, 0.1) is 40.2 Å². The van der Waals surface area contributed by atoms with Crippen LogP contribution in [0.1, 0.15) is 30.4 Å². The number of nitrogens with zero attached hydrogens (tertiary/aromatic N) is 7. The van der Waals surface area contributed by atoms with Gasteiger partial charge in [-0.1, -0.05) is 25.1 Å². The molecule has 0 bridgehead atoms. The minimum Gasteiger partial charge on any atom is -0.494 e. The molecule has 2 aromatic carbocycles. The molecule has 234 valence electrons. The highest BCUT2D eigenvalue weighted by molar-refractivity contribution is 6.00. The fraction of sp³-hybridized carbons (Fsp3) is 0.364. The van der Waals surface area contributed by atoms with Crippen LogP contribution >= 0.6 is 0 Å². The number of para-hydroxylation sites is 1. The molecule has 0 aliphatic carbocycles. The molecule has 4 heterocycles. The van der Waals surface area contributed by atoms with Crippen molar-refractivity contribution in [3.8, 4) is 28.5 Å². The maximum absolute atomic E-state index is 12.2. The van der Waals surface area contributed by atoms with Gasteiger partial charge >= 0.3 is 0 Å². The standard InChI is InChI=1S/C33H38N8O4/c1-7-25-20(2)45-32(35-25)23-18-34-33(37-30(23)24-19-40-13-9-11-21-10-8-12-22(24)31(21)40)36-26-16-28(41(42)43)27(17-29(26)44-6)39(5)15-14-38(3)4/h8,10,12,16-19H,7,9,11,13-15H2,1-6H3,(H,34,36,37). The maximum atomic E-state index is 12.2. The average Bonchev–Trinajstić information content (AvgIpc) is 3.60. The second kappa shape index (κ2) is 12.2. The van der Waals surface area contributed by atoms with Crippen molar-refractivity contribution in [1.29, 1.82) is 0 Å². The van der Waals surface area contributed by atoms with Gasteiger partial charge in [-0.05, 0) is 45.8 Å². The van der Waals surface area contributed by atoms with E-state index in [1.54, 1.807) is 12.3 Å². The van der Waals surface area contributed by atoms with Crippen LogP contribution in [0.4, 0.5) is 23.0 Å². The third kappa shape index (κ3) is 5.68. The molecule has 0 atom stereocenters. The van der Waals surface area contributed by atoms with Crippen LogP contribution in [-0.4, -0.2) is 70.7 Å². The van der Waals surface area contributed by atoms with E-state index in [0.29, 0.717) is 40.8 Å². The van der Waals surface area contributed by atoms with Gasteiger partial charge in [-0.15, -0.1) is 0 Å². The first-order valence-electron chi connectivity index (χ1n) is 15.1. The van der Waals surface area contributed by atoms with E-state index in [0.717, 1.165) is 54.8 Å². The number of benzene rings is 2. The number of nitro groups is 1. The van der Waals surface area contributed by atoms with Crippen molar-refractivity contribution in [2.24, 2.45) is 0 Å². The summed E-state index contributed by atoms with van der Waals surface area (Å²) in [4.78, 5) is 30.1. The van der Waals surface area contributed by atoms with Crippen molar-refractivity contribution in [2.75, 3.05) is 51.6 Å². The van der Waals surface area contributed by atoms with Crippen LogP contribution in [0.3, 0.4) is 0 Å². The van der Waals surface area contributed by atoms with Crippen LogP contribution in [0.25, 0.3) is 33.6 Å². The monoisotopic (exact) mass is 610 g/mol. The number of nitrogens with one attached hydrogen (secondary N) is 1. The zero-order valence-electron chi connectivity index (χ0n) is 26.5. The van der Waals surface area contributed by atoms with Crippen molar-refractivity contribution in [2.45, 2.75) is 39.7 Å². The number of ether oxygens (including phenoxy) is 1. The van der Waals surface area contributed by atoms with Crippen molar-refractivity contribution >= 4 is 33.9 Å². The first kappa shape index (κ1) is 30.1. The Balaban J connectivity index is 1.47. The topological polar surface area (TPSA) is 128 Å².